The van der Waals surface area contributed by atoms with Crippen molar-refractivity contribution in [3.8, 4) is 5.75 Å². The van der Waals surface area contributed by atoms with Gasteiger partial charge in [0.2, 0.25) is 0 Å². The average molecular weight is 539 g/mol. The molecule has 0 aliphatic carbocycles. The molecule has 0 unspecified atom stereocenters. The first kappa shape index (κ1) is 31.0. The highest BCUT2D eigenvalue weighted by Crippen LogP contribution is 2.35. The molecule has 0 aromatic heterocycles. The van der Waals surface area contributed by atoms with E-state index in [1.54, 1.807) is 34.6 Å². The van der Waals surface area contributed by atoms with Crippen molar-refractivity contribution in [1.29, 1.82) is 0 Å². The van der Waals surface area contributed by atoms with E-state index in [0.29, 0.717) is 11.1 Å². The van der Waals surface area contributed by atoms with Crippen LogP contribution >= 0.6 is 0 Å². The van der Waals surface area contributed by atoms with Crippen LogP contribution in [0.1, 0.15) is 55.1 Å². The van der Waals surface area contributed by atoms with Crippen molar-refractivity contribution in [1.82, 2.24) is 10.6 Å². The van der Waals surface area contributed by atoms with E-state index in [1.807, 2.05) is 0 Å². The first-order valence-corrected chi connectivity index (χ1v) is 12.2. The van der Waals surface area contributed by atoms with E-state index >= 15 is 0 Å². The number of aliphatic hydroxyl groups is 3. The summed E-state index contributed by atoms with van der Waals surface area (Å²) >= 11 is 0. The molecule has 0 spiro atoms. The Balaban J connectivity index is 2.26. The number of rotatable bonds is 9. The number of aryl methyl sites for hydroxylation is 2. The van der Waals surface area contributed by atoms with Gasteiger partial charge in [-0.25, -0.2) is 9.59 Å². The number of carboxylic acids is 1. The highest BCUT2D eigenvalue weighted by atomic mass is 16.6. The molecule has 1 aromatic carbocycles. The van der Waals surface area contributed by atoms with E-state index in [9.17, 15) is 39.9 Å². The number of carboxylic acid groups (broad SMARTS) is 1. The van der Waals surface area contributed by atoms with Gasteiger partial charge in [0.15, 0.2) is 5.60 Å². The van der Waals surface area contributed by atoms with E-state index < -0.39 is 72.6 Å². The van der Waals surface area contributed by atoms with Gasteiger partial charge in [0.25, 0.3) is 5.91 Å². The Labute approximate surface area is 221 Å². The molecule has 6 atom stereocenters. The number of phenolic OH excluding ortho intramolecular Hbond substituents is 1. The van der Waals surface area contributed by atoms with Gasteiger partial charge in [0, 0.05) is 24.9 Å². The van der Waals surface area contributed by atoms with E-state index in [1.165, 1.54) is 18.2 Å². The number of nitrogens with one attached hydrogen (secondary N) is 2. The fourth-order valence-corrected chi connectivity index (χ4v) is 4.29. The molecule has 1 fully saturated rings. The van der Waals surface area contributed by atoms with Crippen LogP contribution in [0.2, 0.25) is 0 Å². The van der Waals surface area contributed by atoms with E-state index in [0.717, 1.165) is 0 Å². The number of aromatic hydroxyl groups is 1. The van der Waals surface area contributed by atoms with Crippen molar-refractivity contribution in [2.75, 3.05) is 6.54 Å². The third-order valence-electron chi connectivity index (χ3n) is 6.17. The Bertz CT molecular complexity index is 1030. The summed E-state index contributed by atoms with van der Waals surface area (Å²) in [7, 11) is 0. The quantitative estimate of drug-likeness (QED) is 0.222. The molecule has 0 saturated carbocycles. The molecule has 38 heavy (non-hydrogen) atoms. The molecule has 2 rings (SSSR count). The van der Waals surface area contributed by atoms with Gasteiger partial charge < -0.3 is 45.6 Å². The van der Waals surface area contributed by atoms with Crippen LogP contribution in [0.4, 0.5) is 4.79 Å². The van der Waals surface area contributed by atoms with Gasteiger partial charge in [-0.1, -0.05) is 6.08 Å². The van der Waals surface area contributed by atoms with Gasteiger partial charge in [0.05, 0.1) is 18.2 Å². The summed E-state index contributed by atoms with van der Waals surface area (Å²) in [5.41, 5.74) is -1.71. The van der Waals surface area contributed by atoms with Gasteiger partial charge in [0.1, 0.15) is 23.6 Å². The van der Waals surface area contributed by atoms with Gasteiger partial charge in [-0.15, -0.1) is 6.58 Å². The van der Waals surface area contributed by atoms with Gasteiger partial charge in [-0.2, -0.15) is 0 Å². The molecule has 1 saturated heterocycles. The normalized spacial score (nSPS) is 25.1. The van der Waals surface area contributed by atoms with Crippen molar-refractivity contribution in [2.24, 2.45) is 0 Å². The van der Waals surface area contributed by atoms with Gasteiger partial charge >= 0.3 is 12.1 Å². The molecule has 212 valence electrons. The van der Waals surface area contributed by atoms with Crippen molar-refractivity contribution in [3.63, 3.8) is 0 Å². The minimum atomic E-state index is -1.98. The molecular formula is C26H38N2O10. The second kappa shape index (κ2) is 12.1. The van der Waals surface area contributed by atoms with Crippen LogP contribution < -0.4 is 10.6 Å². The van der Waals surface area contributed by atoms with Crippen LogP contribution in [0.15, 0.2) is 24.8 Å². The number of ether oxygens (including phenoxy) is 2. The molecule has 1 aliphatic rings. The maximum atomic E-state index is 12.6. The van der Waals surface area contributed by atoms with E-state index in [4.69, 9.17) is 9.47 Å². The summed E-state index contributed by atoms with van der Waals surface area (Å²) in [6, 6.07) is 1.56. The Kier molecular flexibility index (Phi) is 9.89. The fourth-order valence-electron chi connectivity index (χ4n) is 4.29. The summed E-state index contributed by atoms with van der Waals surface area (Å²) in [5, 5.41) is 57.2. The molecular weight excluding hydrogens is 500 g/mol. The molecule has 2 amide bonds. The number of alkyl carbamates (subject to hydrolysis) is 1. The summed E-state index contributed by atoms with van der Waals surface area (Å²) in [4.78, 5) is 37.2. The standard InChI is InChI=1S/C26H38N2O10/c1-7-8-26(23(34)35)11-16(29)18(28-24(36)38-25(4,5)6)21(37-26)20(32)17(30)12-27-22(33)15-9-13(2)19(31)14(3)10-15/h7,9-10,16-18,20-21,29-32H,1,8,11-12H2,2-6H3,(H,27,33)(H,28,36)(H,34,35)/t16-,17+,18+,20+,21+,26+/m0/s1. The molecule has 12 heteroatoms. The second-order valence-electron chi connectivity index (χ2n) is 10.5. The lowest BCUT2D eigenvalue weighted by molar-refractivity contribution is -0.226. The van der Waals surface area contributed by atoms with Crippen molar-refractivity contribution in [3.05, 3.63) is 41.5 Å². The minimum absolute atomic E-state index is 0.0509. The number of carbonyl (C=O) groups is 3. The van der Waals surface area contributed by atoms with Crippen LogP contribution in [0.3, 0.4) is 0 Å². The number of carbonyl (C=O) groups excluding carboxylic acids is 2. The molecule has 7 N–H and O–H groups in total. The van der Waals surface area contributed by atoms with Gasteiger partial charge in [-0.3, -0.25) is 4.79 Å². The summed E-state index contributed by atoms with van der Waals surface area (Å²) in [5.74, 6) is -1.97. The van der Waals surface area contributed by atoms with Crippen molar-refractivity contribution >= 4 is 18.0 Å². The molecule has 0 bridgehead atoms. The third kappa shape index (κ3) is 7.44. The predicted octanol–water partition coefficient (Wildman–Crippen LogP) is 0.903. The number of benzene rings is 1. The van der Waals surface area contributed by atoms with E-state index in [-0.39, 0.29) is 17.7 Å². The lowest BCUT2D eigenvalue weighted by Gasteiger charge is -2.47. The van der Waals surface area contributed by atoms with Crippen molar-refractivity contribution in [2.45, 2.75) is 89.1 Å². The predicted molar refractivity (Wildman–Crippen MR) is 136 cm³/mol. The SMILES string of the molecule is C=CC[C@]1(C(=O)O)C[C@H](O)[C@@H](NC(=O)OC(C)(C)C)[C@H]([C@H](O)[C@H](O)CNC(=O)c2cc(C)c(O)c(C)c2)O1. The molecule has 1 aliphatic heterocycles. The number of amides is 2. The first-order chi connectivity index (χ1) is 17.5. The molecule has 1 aromatic rings. The highest BCUT2D eigenvalue weighted by Gasteiger charge is 2.54. The monoisotopic (exact) mass is 538 g/mol. The average Bonchev–Trinajstić information content (AvgIpc) is 2.80. The minimum Gasteiger partial charge on any atom is -0.507 e. The smallest absolute Gasteiger partial charge is 0.408 e. The Morgan fingerprint density at radius 3 is 2.32 bits per heavy atom. The Morgan fingerprint density at radius 2 is 1.82 bits per heavy atom. The Morgan fingerprint density at radius 1 is 1.24 bits per heavy atom. The number of hydrogen-bond donors (Lipinski definition) is 7. The second-order valence-corrected chi connectivity index (χ2v) is 10.5. The van der Waals surface area contributed by atoms with Gasteiger partial charge in [-0.05, 0) is 57.9 Å². The fraction of sp³-hybridized carbons (Fsp3) is 0.577. The van der Waals surface area contributed by atoms with E-state index in [2.05, 4.69) is 17.2 Å². The molecule has 12 nitrogen and oxygen atoms in total. The number of hydrogen-bond acceptors (Lipinski definition) is 9. The Hall–Kier alpha value is -3.19. The summed E-state index contributed by atoms with van der Waals surface area (Å²) < 4.78 is 11.0. The third-order valence-corrected chi connectivity index (χ3v) is 6.17. The molecule has 1 heterocycles. The zero-order valence-corrected chi connectivity index (χ0v) is 22.2. The van der Waals surface area contributed by atoms with Crippen LogP contribution in [0.25, 0.3) is 0 Å². The van der Waals surface area contributed by atoms with Crippen molar-refractivity contribution < 1.29 is 49.4 Å². The maximum Gasteiger partial charge on any atom is 0.408 e. The number of phenols is 1. The summed E-state index contributed by atoms with van der Waals surface area (Å²) in [6.45, 7) is 11.2. The lowest BCUT2D eigenvalue weighted by atomic mass is 9.82. The van der Waals surface area contributed by atoms with Crippen LogP contribution in [0.5, 0.6) is 5.75 Å². The molecule has 0 radical (unpaired) electrons. The first-order valence-electron chi connectivity index (χ1n) is 12.2. The lowest BCUT2D eigenvalue weighted by Crippen LogP contribution is -2.67. The largest absolute Gasteiger partial charge is 0.507 e. The number of aliphatic hydroxyl groups excluding tert-OH is 3. The number of aliphatic carboxylic acids is 1. The maximum absolute atomic E-state index is 12.6. The zero-order chi connectivity index (χ0) is 29.0. The van der Waals surface area contributed by atoms with Crippen LogP contribution in [-0.4, -0.2) is 91.7 Å². The summed E-state index contributed by atoms with van der Waals surface area (Å²) in [6.07, 6.45) is -6.98. The van der Waals surface area contributed by atoms with Crippen LogP contribution in [0, 0.1) is 13.8 Å². The van der Waals surface area contributed by atoms with Crippen LogP contribution in [-0.2, 0) is 14.3 Å². The topological polar surface area (TPSA) is 195 Å². The zero-order valence-electron chi connectivity index (χ0n) is 22.2. The highest BCUT2D eigenvalue weighted by molar-refractivity contribution is 5.94.